The van der Waals surface area contributed by atoms with Crippen LogP contribution in [0.2, 0.25) is 0 Å². The van der Waals surface area contributed by atoms with Crippen molar-refractivity contribution >= 4 is 5.91 Å². The van der Waals surface area contributed by atoms with Crippen LogP contribution < -0.4 is 10.1 Å². The highest BCUT2D eigenvalue weighted by Gasteiger charge is 2.03. The number of ether oxygens (including phenoxy) is 1. The number of aryl methyl sites for hydroxylation is 2. The molecule has 104 valence electrons. The van der Waals surface area contributed by atoms with Gasteiger partial charge in [0.25, 0.3) is 5.91 Å². The summed E-state index contributed by atoms with van der Waals surface area (Å²) in [5, 5.41) is 2.84. The average Bonchev–Trinajstić information content (AvgIpc) is 2.45. The van der Waals surface area contributed by atoms with Crippen molar-refractivity contribution in [2.75, 3.05) is 6.61 Å². The maximum Gasteiger partial charge on any atom is 0.258 e. The number of benzene rings is 2. The number of amides is 1. The zero-order valence-corrected chi connectivity index (χ0v) is 11.8. The first-order chi connectivity index (χ1) is 9.63. The van der Waals surface area contributed by atoms with Crippen LogP contribution in [0.3, 0.4) is 0 Å². The highest BCUT2D eigenvalue weighted by Crippen LogP contribution is 2.11. The van der Waals surface area contributed by atoms with Crippen LogP contribution in [0.1, 0.15) is 16.7 Å². The number of rotatable bonds is 5. The molecule has 2 aromatic rings. The van der Waals surface area contributed by atoms with Gasteiger partial charge in [-0.15, -0.1) is 0 Å². The Bertz CT molecular complexity index is 576. The first kappa shape index (κ1) is 14.1. The molecule has 2 rings (SSSR count). The Hall–Kier alpha value is -2.29. The molecule has 1 N–H and O–H groups in total. The largest absolute Gasteiger partial charge is 0.484 e. The van der Waals surface area contributed by atoms with E-state index in [-0.39, 0.29) is 12.5 Å². The molecule has 0 saturated heterocycles. The van der Waals surface area contributed by atoms with Crippen molar-refractivity contribution in [3.63, 3.8) is 0 Å². The topological polar surface area (TPSA) is 38.3 Å². The normalized spacial score (nSPS) is 10.1. The molecule has 1 amide bonds. The summed E-state index contributed by atoms with van der Waals surface area (Å²) in [5.74, 6) is 0.600. The van der Waals surface area contributed by atoms with Gasteiger partial charge in [0, 0.05) is 6.54 Å². The molecule has 2 aromatic carbocycles. The number of nitrogens with one attached hydrogen (secondary N) is 1. The van der Waals surface area contributed by atoms with Crippen molar-refractivity contribution in [2.45, 2.75) is 20.4 Å². The van der Waals surface area contributed by atoms with Gasteiger partial charge in [-0.05, 0) is 37.1 Å². The molecule has 20 heavy (non-hydrogen) atoms. The predicted molar refractivity (Wildman–Crippen MR) is 79.7 cm³/mol. The third-order valence-corrected chi connectivity index (χ3v) is 2.97. The standard InChI is InChI=1S/C17H19NO2/c1-13-6-8-15(9-7-13)11-18-17(19)12-20-16-5-3-4-14(2)10-16/h3-10H,11-12H2,1-2H3,(H,18,19). The smallest absolute Gasteiger partial charge is 0.258 e. The summed E-state index contributed by atoms with van der Waals surface area (Å²) < 4.78 is 5.44. The fraction of sp³-hybridized carbons (Fsp3) is 0.235. The van der Waals surface area contributed by atoms with Crippen molar-refractivity contribution in [2.24, 2.45) is 0 Å². The molecule has 0 saturated carbocycles. The van der Waals surface area contributed by atoms with Crippen LogP contribution in [-0.2, 0) is 11.3 Å². The average molecular weight is 269 g/mol. The molecule has 3 heteroatoms. The molecule has 0 aliphatic heterocycles. The summed E-state index contributed by atoms with van der Waals surface area (Å²) in [6.07, 6.45) is 0. The molecule has 0 spiro atoms. The van der Waals surface area contributed by atoms with E-state index in [1.54, 1.807) is 0 Å². The molecule has 0 fully saturated rings. The van der Waals surface area contributed by atoms with Crippen LogP contribution in [0.25, 0.3) is 0 Å². The van der Waals surface area contributed by atoms with Crippen molar-refractivity contribution < 1.29 is 9.53 Å². The van der Waals surface area contributed by atoms with Crippen LogP contribution >= 0.6 is 0 Å². The molecule has 0 bridgehead atoms. The van der Waals surface area contributed by atoms with E-state index < -0.39 is 0 Å². The molecule has 0 heterocycles. The molecule has 3 nitrogen and oxygen atoms in total. The molecule has 0 radical (unpaired) electrons. The van der Waals surface area contributed by atoms with Gasteiger partial charge in [0.15, 0.2) is 6.61 Å². The van der Waals surface area contributed by atoms with Crippen molar-refractivity contribution in [3.8, 4) is 5.75 Å². The van der Waals surface area contributed by atoms with Gasteiger partial charge in [0.05, 0.1) is 0 Å². The summed E-state index contributed by atoms with van der Waals surface area (Å²) in [6, 6.07) is 15.7. The minimum Gasteiger partial charge on any atom is -0.484 e. The Morgan fingerprint density at radius 3 is 2.50 bits per heavy atom. The van der Waals surface area contributed by atoms with E-state index in [1.807, 2.05) is 62.4 Å². The Labute approximate surface area is 119 Å². The SMILES string of the molecule is Cc1ccc(CNC(=O)COc2cccc(C)c2)cc1. The fourth-order valence-electron chi connectivity index (χ4n) is 1.81. The maximum atomic E-state index is 11.7. The Balaban J connectivity index is 1.77. The Kier molecular flexibility index (Phi) is 4.77. The zero-order valence-electron chi connectivity index (χ0n) is 11.8. The van der Waals surface area contributed by atoms with Gasteiger partial charge in [-0.25, -0.2) is 0 Å². The lowest BCUT2D eigenvalue weighted by molar-refractivity contribution is -0.123. The van der Waals surface area contributed by atoms with E-state index in [2.05, 4.69) is 5.32 Å². The van der Waals surface area contributed by atoms with E-state index in [0.29, 0.717) is 6.54 Å². The maximum absolute atomic E-state index is 11.7. The van der Waals surface area contributed by atoms with Crippen LogP contribution in [0, 0.1) is 13.8 Å². The van der Waals surface area contributed by atoms with Gasteiger partial charge in [-0.2, -0.15) is 0 Å². The summed E-state index contributed by atoms with van der Waals surface area (Å²) in [4.78, 5) is 11.7. The predicted octanol–water partition coefficient (Wildman–Crippen LogP) is 3.00. The lowest BCUT2D eigenvalue weighted by Gasteiger charge is -2.08. The van der Waals surface area contributed by atoms with Crippen molar-refractivity contribution in [1.82, 2.24) is 5.32 Å². The number of hydrogen-bond acceptors (Lipinski definition) is 2. The summed E-state index contributed by atoms with van der Waals surface area (Å²) >= 11 is 0. The number of carbonyl (C=O) groups is 1. The van der Waals surface area contributed by atoms with E-state index in [9.17, 15) is 4.79 Å². The molecule has 0 atom stereocenters. The van der Waals surface area contributed by atoms with Crippen LogP contribution in [-0.4, -0.2) is 12.5 Å². The van der Waals surface area contributed by atoms with Crippen LogP contribution in [0.15, 0.2) is 48.5 Å². The van der Waals surface area contributed by atoms with Crippen molar-refractivity contribution in [1.29, 1.82) is 0 Å². The van der Waals surface area contributed by atoms with E-state index >= 15 is 0 Å². The monoisotopic (exact) mass is 269 g/mol. The highest BCUT2D eigenvalue weighted by atomic mass is 16.5. The minimum absolute atomic E-state index is 0.0370. The summed E-state index contributed by atoms with van der Waals surface area (Å²) in [6.45, 7) is 4.59. The first-order valence-corrected chi connectivity index (χ1v) is 6.65. The van der Waals surface area contributed by atoms with Crippen LogP contribution in [0.5, 0.6) is 5.75 Å². The molecule has 0 unspecified atom stereocenters. The first-order valence-electron chi connectivity index (χ1n) is 6.65. The van der Waals surface area contributed by atoms with Gasteiger partial charge in [0.1, 0.15) is 5.75 Å². The van der Waals surface area contributed by atoms with Gasteiger partial charge < -0.3 is 10.1 Å². The van der Waals surface area contributed by atoms with Crippen molar-refractivity contribution in [3.05, 3.63) is 65.2 Å². The molecule has 0 aliphatic rings. The molecular weight excluding hydrogens is 250 g/mol. The summed E-state index contributed by atoms with van der Waals surface area (Å²) in [5.41, 5.74) is 3.41. The minimum atomic E-state index is -0.118. The number of carbonyl (C=O) groups excluding carboxylic acids is 1. The van der Waals surface area contributed by atoms with Gasteiger partial charge >= 0.3 is 0 Å². The number of hydrogen-bond donors (Lipinski definition) is 1. The second kappa shape index (κ2) is 6.75. The highest BCUT2D eigenvalue weighted by molar-refractivity contribution is 5.77. The Morgan fingerprint density at radius 2 is 1.80 bits per heavy atom. The molecule has 0 aromatic heterocycles. The molecule has 0 aliphatic carbocycles. The third-order valence-electron chi connectivity index (χ3n) is 2.97. The van der Waals surface area contributed by atoms with Gasteiger partial charge in [-0.1, -0.05) is 42.0 Å². The second-order valence-corrected chi connectivity index (χ2v) is 4.87. The Morgan fingerprint density at radius 1 is 1.05 bits per heavy atom. The fourth-order valence-corrected chi connectivity index (χ4v) is 1.81. The quantitative estimate of drug-likeness (QED) is 0.906. The summed E-state index contributed by atoms with van der Waals surface area (Å²) in [7, 11) is 0. The van der Waals surface area contributed by atoms with Gasteiger partial charge in [0.2, 0.25) is 0 Å². The van der Waals surface area contributed by atoms with E-state index in [4.69, 9.17) is 4.74 Å². The van der Waals surface area contributed by atoms with E-state index in [1.165, 1.54) is 5.56 Å². The van der Waals surface area contributed by atoms with Gasteiger partial charge in [-0.3, -0.25) is 4.79 Å². The lowest BCUT2D eigenvalue weighted by atomic mass is 10.1. The molecular formula is C17H19NO2. The van der Waals surface area contributed by atoms with Crippen LogP contribution in [0.4, 0.5) is 0 Å². The second-order valence-electron chi connectivity index (χ2n) is 4.87. The lowest BCUT2D eigenvalue weighted by Crippen LogP contribution is -2.28. The zero-order chi connectivity index (χ0) is 14.4. The third kappa shape index (κ3) is 4.43. The van der Waals surface area contributed by atoms with E-state index in [0.717, 1.165) is 16.9 Å².